The molecule has 1 atom stereocenters. The van der Waals surface area contributed by atoms with E-state index in [1.165, 1.54) is 7.11 Å². The molecule has 1 unspecified atom stereocenters. The van der Waals surface area contributed by atoms with E-state index in [1.807, 2.05) is 24.3 Å². The number of aromatic hydroxyl groups is 2. The van der Waals surface area contributed by atoms with Gasteiger partial charge in [0.2, 0.25) is 0 Å². The Hall–Kier alpha value is -3.29. The summed E-state index contributed by atoms with van der Waals surface area (Å²) in [5.74, 6) is 0.609. The van der Waals surface area contributed by atoms with Gasteiger partial charge in [0, 0.05) is 36.0 Å². The lowest BCUT2D eigenvalue weighted by Crippen LogP contribution is -2.23. The number of ether oxygens (including phenoxy) is 1. The van der Waals surface area contributed by atoms with Crippen molar-refractivity contribution in [3.05, 3.63) is 70.9 Å². The van der Waals surface area contributed by atoms with Crippen LogP contribution in [0.5, 0.6) is 17.2 Å². The summed E-state index contributed by atoms with van der Waals surface area (Å²) in [4.78, 5) is 4.61. The zero-order chi connectivity index (χ0) is 21.5. The number of nitrogens with one attached hydrogen (secondary N) is 1. The van der Waals surface area contributed by atoms with E-state index in [2.05, 4.69) is 10.3 Å². The number of allylic oxidation sites excluding steroid dienone is 2. The number of nitrogens with zero attached hydrogens (tertiary/aromatic N) is 1. The predicted octanol–water partition coefficient (Wildman–Crippen LogP) is 2.63. The molecule has 158 valence electrons. The van der Waals surface area contributed by atoms with E-state index < -0.39 is 0 Å². The predicted molar refractivity (Wildman–Crippen MR) is 118 cm³/mol. The molecule has 0 bridgehead atoms. The fourth-order valence-corrected chi connectivity index (χ4v) is 3.30. The van der Waals surface area contributed by atoms with Crippen LogP contribution in [0.15, 0.2) is 59.2 Å². The van der Waals surface area contributed by atoms with Crippen molar-refractivity contribution in [3.63, 3.8) is 0 Å². The van der Waals surface area contributed by atoms with Crippen LogP contribution in [0.3, 0.4) is 0 Å². The third kappa shape index (κ3) is 5.40. The average Bonchev–Trinajstić information content (AvgIpc) is 2.99. The lowest BCUT2D eigenvalue weighted by molar-refractivity contribution is 0.275. The summed E-state index contributed by atoms with van der Waals surface area (Å²) in [6.45, 7) is 1.15. The summed E-state index contributed by atoms with van der Waals surface area (Å²) in [6.07, 6.45) is 6.09. The number of hydrogen-bond donors (Lipinski definition) is 5. The normalized spacial score (nSPS) is 17.6. The van der Waals surface area contributed by atoms with Gasteiger partial charge in [-0.05, 0) is 47.5 Å². The molecule has 2 aromatic rings. The van der Waals surface area contributed by atoms with Crippen LogP contribution in [-0.2, 0) is 6.61 Å². The molecule has 0 aromatic heterocycles. The molecular formula is C23H27N3O4. The maximum atomic E-state index is 9.83. The van der Waals surface area contributed by atoms with Gasteiger partial charge in [-0.2, -0.15) is 0 Å². The van der Waals surface area contributed by atoms with Gasteiger partial charge in [0.25, 0.3) is 0 Å². The number of phenolic OH excluding ortho intramolecular Hbond substituents is 1. The third-order valence-corrected chi connectivity index (χ3v) is 4.91. The van der Waals surface area contributed by atoms with Gasteiger partial charge in [0.05, 0.1) is 20.3 Å². The molecule has 7 nitrogen and oxygen atoms in total. The SMILES string of the molecule is COc1cc(C2CC(/C=C(N)/C=C/c3ccc(O)c(CO)c3)=NCCN2)ccc1O. The van der Waals surface area contributed by atoms with Gasteiger partial charge in [-0.25, -0.2) is 0 Å². The van der Waals surface area contributed by atoms with E-state index in [4.69, 9.17) is 10.5 Å². The monoisotopic (exact) mass is 409 g/mol. The highest BCUT2D eigenvalue weighted by molar-refractivity contribution is 5.96. The van der Waals surface area contributed by atoms with Crippen molar-refractivity contribution in [1.29, 1.82) is 0 Å². The molecule has 30 heavy (non-hydrogen) atoms. The highest BCUT2D eigenvalue weighted by Crippen LogP contribution is 2.30. The summed E-state index contributed by atoms with van der Waals surface area (Å²) >= 11 is 0. The number of aliphatic hydroxyl groups excluding tert-OH is 1. The first kappa shape index (κ1) is 21.4. The summed E-state index contributed by atoms with van der Waals surface area (Å²) in [5, 5.41) is 32.2. The van der Waals surface area contributed by atoms with Gasteiger partial charge in [-0.3, -0.25) is 4.99 Å². The molecule has 0 saturated carbocycles. The number of nitrogens with two attached hydrogens (primary N) is 1. The number of aliphatic imine (C=N–C) groups is 1. The van der Waals surface area contributed by atoms with Crippen LogP contribution in [0, 0.1) is 0 Å². The number of aliphatic hydroxyl groups is 1. The summed E-state index contributed by atoms with van der Waals surface area (Å²) < 4.78 is 5.22. The molecule has 0 saturated heterocycles. The number of hydrogen-bond acceptors (Lipinski definition) is 7. The van der Waals surface area contributed by atoms with E-state index in [9.17, 15) is 15.3 Å². The van der Waals surface area contributed by atoms with E-state index in [1.54, 1.807) is 30.3 Å². The zero-order valence-corrected chi connectivity index (χ0v) is 16.9. The number of methoxy groups -OCH3 is 1. The quantitative estimate of drug-likeness (QED) is 0.468. The lowest BCUT2D eigenvalue weighted by Gasteiger charge is -2.18. The smallest absolute Gasteiger partial charge is 0.160 e. The van der Waals surface area contributed by atoms with Crippen molar-refractivity contribution < 1.29 is 20.1 Å². The lowest BCUT2D eigenvalue weighted by atomic mass is 10.00. The molecule has 2 aromatic carbocycles. The average molecular weight is 409 g/mol. The minimum absolute atomic E-state index is 0.0259. The molecule has 7 heteroatoms. The van der Waals surface area contributed by atoms with E-state index in [0.717, 1.165) is 23.4 Å². The van der Waals surface area contributed by atoms with Gasteiger partial charge in [-0.1, -0.05) is 18.2 Å². The van der Waals surface area contributed by atoms with Gasteiger partial charge >= 0.3 is 0 Å². The van der Waals surface area contributed by atoms with Gasteiger partial charge in [0.1, 0.15) is 5.75 Å². The Kier molecular flexibility index (Phi) is 7.11. The van der Waals surface area contributed by atoms with Gasteiger partial charge < -0.3 is 31.1 Å². The highest BCUT2D eigenvalue weighted by Gasteiger charge is 2.17. The molecule has 0 amide bonds. The molecule has 1 aliphatic heterocycles. The molecular weight excluding hydrogens is 382 g/mol. The molecule has 0 aliphatic carbocycles. The van der Waals surface area contributed by atoms with E-state index in [0.29, 0.717) is 30.0 Å². The molecule has 1 heterocycles. The van der Waals surface area contributed by atoms with Crippen LogP contribution in [0.25, 0.3) is 6.08 Å². The number of phenols is 2. The molecule has 0 fully saturated rings. The van der Waals surface area contributed by atoms with Crippen molar-refractivity contribution in [2.24, 2.45) is 10.7 Å². The second-order valence-electron chi connectivity index (χ2n) is 7.04. The molecule has 6 N–H and O–H groups in total. The topological polar surface area (TPSA) is 120 Å². The Balaban J connectivity index is 1.74. The highest BCUT2D eigenvalue weighted by atomic mass is 16.5. The van der Waals surface area contributed by atoms with Crippen LogP contribution in [0.4, 0.5) is 0 Å². The Bertz CT molecular complexity index is 982. The summed E-state index contributed by atoms with van der Waals surface area (Å²) in [6, 6.07) is 10.4. The Morgan fingerprint density at radius 1 is 1.23 bits per heavy atom. The summed E-state index contributed by atoms with van der Waals surface area (Å²) in [7, 11) is 1.53. The second kappa shape index (κ2) is 9.96. The Labute approximate surface area is 175 Å². The van der Waals surface area contributed by atoms with Gasteiger partial charge in [-0.15, -0.1) is 0 Å². The largest absolute Gasteiger partial charge is 0.508 e. The molecule has 0 spiro atoms. The standard InChI is InChI=1S/C23H27N3O4/c1-30-23-11-16(4-7-22(23)29)20-13-19(25-8-9-26-20)12-18(24)5-2-15-3-6-21(28)17(10-15)14-27/h2-7,10-12,20,26-29H,8-9,13-14,24H2,1H3/b5-2+,18-12-. The van der Waals surface area contributed by atoms with Crippen molar-refractivity contribution in [3.8, 4) is 17.2 Å². The van der Waals surface area contributed by atoms with Crippen LogP contribution >= 0.6 is 0 Å². The number of benzene rings is 2. The van der Waals surface area contributed by atoms with E-state index in [-0.39, 0.29) is 24.1 Å². The minimum Gasteiger partial charge on any atom is -0.508 e. The van der Waals surface area contributed by atoms with Crippen LogP contribution in [-0.4, -0.2) is 41.2 Å². The van der Waals surface area contributed by atoms with Gasteiger partial charge in [0.15, 0.2) is 11.5 Å². The first-order valence-electron chi connectivity index (χ1n) is 9.71. The second-order valence-corrected chi connectivity index (χ2v) is 7.04. The van der Waals surface area contributed by atoms with Crippen molar-refractivity contribution in [1.82, 2.24) is 5.32 Å². The zero-order valence-electron chi connectivity index (χ0n) is 16.9. The first-order chi connectivity index (χ1) is 14.5. The fraction of sp³-hybridized carbons (Fsp3) is 0.261. The summed E-state index contributed by atoms with van der Waals surface area (Å²) in [5.41, 5.74) is 9.89. The number of rotatable bonds is 6. The molecule has 3 rings (SSSR count). The van der Waals surface area contributed by atoms with Crippen molar-refractivity contribution >= 4 is 11.8 Å². The molecule has 0 radical (unpaired) electrons. The fourth-order valence-electron chi connectivity index (χ4n) is 3.30. The Morgan fingerprint density at radius 2 is 2.03 bits per heavy atom. The maximum Gasteiger partial charge on any atom is 0.160 e. The third-order valence-electron chi connectivity index (χ3n) is 4.91. The van der Waals surface area contributed by atoms with Crippen molar-refractivity contribution in [2.45, 2.75) is 19.1 Å². The first-order valence-corrected chi connectivity index (χ1v) is 9.71. The Morgan fingerprint density at radius 3 is 2.80 bits per heavy atom. The minimum atomic E-state index is -0.230. The molecule has 1 aliphatic rings. The van der Waals surface area contributed by atoms with Crippen LogP contribution in [0.1, 0.15) is 29.2 Å². The van der Waals surface area contributed by atoms with Crippen LogP contribution < -0.4 is 15.8 Å². The maximum absolute atomic E-state index is 9.83. The van der Waals surface area contributed by atoms with E-state index >= 15 is 0 Å². The van der Waals surface area contributed by atoms with Crippen LogP contribution in [0.2, 0.25) is 0 Å². The van der Waals surface area contributed by atoms with Crippen molar-refractivity contribution in [2.75, 3.05) is 20.2 Å².